The van der Waals surface area contributed by atoms with Crippen LogP contribution in [0.2, 0.25) is 0 Å². The van der Waals surface area contributed by atoms with Gasteiger partial charge in [-0.2, -0.15) is 0 Å². The number of rotatable bonds is 2. The Bertz CT molecular complexity index is 535. The highest BCUT2D eigenvalue weighted by Crippen LogP contribution is 2.25. The van der Waals surface area contributed by atoms with E-state index < -0.39 is 5.97 Å². The summed E-state index contributed by atoms with van der Waals surface area (Å²) in [4.78, 5) is 11.5. The summed E-state index contributed by atoms with van der Waals surface area (Å²) in [5, 5.41) is 0. The fourth-order valence-corrected chi connectivity index (χ4v) is 1.91. The first kappa shape index (κ1) is 11.7. The predicted octanol–water partition coefficient (Wildman–Crippen LogP) is 3.97. The van der Waals surface area contributed by atoms with Crippen LogP contribution >= 0.6 is 11.9 Å². The molecule has 0 saturated heterocycles. The van der Waals surface area contributed by atoms with E-state index in [2.05, 4.69) is 4.29 Å². The van der Waals surface area contributed by atoms with Crippen LogP contribution in [0.25, 0.3) is 11.1 Å². The van der Waals surface area contributed by atoms with E-state index >= 15 is 0 Å². The molecule has 0 saturated carbocycles. The number of halogens is 1. The first-order valence-corrected chi connectivity index (χ1v) is 5.53. The Morgan fingerprint density at radius 2 is 1.76 bits per heavy atom. The van der Waals surface area contributed by atoms with E-state index in [9.17, 15) is 4.79 Å². The van der Waals surface area contributed by atoms with E-state index in [0.29, 0.717) is 5.56 Å². The van der Waals surface area contributed by atoms with Crippen molar-refractivity contribution in [3.63, 3.8) is 0 Å². The molecule has 0 atom stereocenters. The van der Waals surface area contributed by atoms with E-state index in [0.717, 1.165) is 16.7 Å². The first-order chi connectivity index (χ1) is 8.24. The number of hydrogen-bond acceptors (Lipinski definition) is 2. The third-order valence-corrected chi connectivity index (χ3v) is 2.85. The standard InChI is InChI=1S/C14H11ClO2/c1-10-12(11-6-3-2-4-7-11)8-5-9-13(10)14(16)17-15/h2-9H,1H3. The Labute approximate surface area is 105 Å². The van der Waals surface area contributed by atoms with Crippen LogP contribution in [0.15, 0.2) is 48.5 Å². The number of carbonyl (C=O) groups excluding carboxylic acids is 1. The minimum absolute atomic E-state index is 0.487. The lowest BCUT2D eigenvalue weighted by Crippen LogP contribution is -2.02. The van der Waals surface area contributed by atoms with Crippen LogP contribution < -0.4 is 0 Å². The number of hydrogen-bond donors (Lipinski definition) is 0. The van der Waals surface area contributed by atoms with Crippen LogP contribution in [-0.4, -0.2) is 5.97 Å². The van der Waals surface area contributed by atoms with Crippen molar-refractivity contribution in [1.29, 1.82) is 0 Å². The van der Waals surface area contributed by atoms with E-state index in [1.54, 1.807) is 6.07 Å². The number of benzene rings is 2. The molecular formula is C14H11ClO2. The smallest absolute Gasteiger partial charge is 0.343 e. The zero-order valence-electron chi connectivity index (χ0n) is 9.31. The summed E-state index contributed by atoms with van der Waals surface area (Å²) in [5.41, 5.74) is 3.42. The molecule has 86 valence electrons. The molecule has 3 heteroatoms. The highest BCUT2D eigenvalue weighted by molar-refractivity contribution is 6.16. The molecule has 2 nitrogen and oxygen atoms in total. The maximum absolute atomic E-state index is 11.5. The van der Waals surface area contributed by atoms with Crippen molar-refractivity contribution >= 4 is 17.8 Å². The van der Waals surface area contributed by atoms with Crippen LogP contribution in [-0.2, 0) is 4.29 Å². The van der Waals surface area contributed by atoms with Crippen molar-refractivity contribution in [3.05, 3.63) is 59.7 Å². The third kappa shape index (κ3) is 2.32. The van der Waals surface area contributed by atoms with Crippen molar-refractivity contribution in [1.82, 2.24) is 0 Å². The molecule has 2 rings (SSSR count). The van der Waals surface area contributed by atoms with E-state index in [1.807, 2.05) is 49.4 Å². The van der Waals surface area contributed by atoms with Crippen LogP contribution in [0.3, 0.4) is 0 Å². The molecular weight excluding hydrogens is 236 g/mol. The van der Waals surface area contributed by atoms with Gasteiger partial charge in [-0.25, -0.2) is 4.79 Å². The van der Waals surface area contributed by atoms with Crippen LogP contribution in [0.1, 0.15) is 15.9 Å². The molecule has 0 aromatic heterocycles. The maximum atomic E-state index is 11.5. The summed E-state index contributed by atoms with van der Waals surface area (Å²) in [6, 6.07) is 15.4. The molecule has 0 unspecified atom stereocenters. The minimum atomic E-state index is -0.526. The van der Waals surface area contributed by atoms with Crippen molar-refractivity contribution in [2.75, 3.05) is 0 Å². The molecule has 2 aromatic rings. The van der Waals surface area contributed by atoms with Crippen LogP contribution in [0.4, 0.5) is 0 Å². The molecule has 17 heavy (non-hydrogen) atoms. The molecule has 0 aliphatic carbocycles. The molecule has 0 N–H and O–H groups in total. The molecule has 0 aliphatic rings. The average Bonchev–Trinajstić information content (AvgIpc) is 2.39. The second-order valence-electron chi connectivity index (χ2n) is 3.71. The van der Waals surface area contributed by atoms with E-state index in [-0.39, 0.29) is 0 Å². The van der Waals surface area contributed by atoms with Gasteiger partial charge in [-0.1, -0.05) is 42.5 Å². The van der Waals surface area contributed by atoms with Gasteiger partial charge < -0.3 is 4.29 Å². The van der Waals surface area contributed by atoms with E-state index in [1.165, 1.54) is 0 Å². The SMILES string of the molecule is Cc1c(C(=O)OCl)cccc1-c1ccccc1. The Morgan fingerprint density at radius 1 is 1.06 bits per heavy atom. The zero-order chi connectivity index (χ0) is 12.3. The van der Waals surface area contributed by atoms with Gasteiger partial charge in [0.2, 0.25) is 0 Å². The fraction of sp³-hybridized carbons (Fsp3) is 0.0714. The molecule has 2 aromatic carbocycles. The van der Waals surface area contributed by atoms with Gasteiger partial charge in [0.15, 0.2) is 0 Å². The monoisotopic (exact) mass is 246 g/mol. The minimum Gasteiger partial charge on any atom is -0.343 e. The van der Waals surface area contributed by atoms with Crippen molar-refractivity contribution in [2.45, 2.75) is 6.92 Å². The van der Waals surface area contributed by atoms with Crippen LogP contribution in [0.5, 0.6) is 0 Å². The Hall–Kier alpha value is -1.80. The summed E-state index contributed by atoms with van der Waals surface area (Å²) in [5.74, 6) is -0.526. The lowest BCUT2D eigenvalue weighted by molar-refractivity contribution is 0.0750. The molecule has 0 bridgehead atoms. The highest BCUT2D eigenvalue weighted by Gasteiger charge is 2.13. The Balaban J connectivity index is 2.54. The number of carbonyl (C=O) groups is 1. The quantitative estimate of drug-likeness (QED) is 0.801. The van der Waals surface area contributed by atoms with Gasteiger partial charge in [-0.05, 0) is 29.7 Å². The summed E-state index contributed by atoms with van der Waals surface area (Å²) in [6.07, 6.45) is 0. The van der Waals surface area contributed by atoms with Gasteiger partial charge in [0.05, 0.1) is 5.56 Å². The summed E-state index contributed by atoms with van der Waals surface area (Å²) in [7, 11) is 0. The van der Waals surface area contributed by atoms with Gasteiger partial charge >= 0.3 is 5.97 Å². The van der Waals surface area contributed by atoms with Crippen molar-refractivity contribution in [3.8, 4) is 11.1 Å². The van der Waals surface area contributed by atoms with Crippen molar-refractivity contribution < 1.29 is 9.08 Å². The highest BCUT2D eigenvalue weighted by atomic mass is 35.5. The molecule has 0 amide bonds. The summed E-state index contributed by atoms with van der Waals surface area (Å²) >= 11 is 5.11. The topological polar surface area (TPSA) is 26.3 Å². The summed E-state index contributed by atoms with van der Waals surface area (Å²) < 4.78 is 4.24. The second kappa shape index (κ2) is 5.02. The molecule has 0 radical (unpaired) electrons. The maximum Gasteiger partial charge on any atom is 0.356 e. The first-order valence-electron chi connectivity index (χ1n) is 5.22. The lowest BCUT2D eigenvalue weighted by Gasteiger charge is -2.09. The van der Waals surface area contributed by atoms with Gasteiger partial charge in [0, 0.05) is 0 Å². The largest absolute Gasteiger partial charge is 0.356 e. The normalized spacial score (nSPS) is 10.0. The van der Waals surface area contributed by atoms with Gasteiger partial charge in [-0.15, -0.1) is 0 Å². The molecule has 0 aliphatic heterocycles. The Morgan fingerprint density at radius 3 is 2.41 bits per heavy atom. The zero-order valence-corrected chi connectivity index (χ0v) is 10.1. The third-order valence-electron chi connectivity index (χ3n) is 2.71. The molecule has 0 spiro atoms. The van der Waals surface area contributed by atoms with Gasteiger partial charge in [0.1, 0.15) is 11.9 Å². The van der Waals surface area contributed by atoms with Crippen molar-refractivity contribution in [2.24, 2.45) is 0 Å². The predicted molar refractivity (Wildman–Crippen MR) is 67.9 cm³/mol. The average molecular weight is 247 g/mol. The van der Waals surface area contributed by atoms with Gasteiger partial charge in [-0.3, -0.25) is 0 Å². The van der Waals surface area contributed by atoms with Gasteiger partial charge in [0.25, 0.3) is 0 Å². The van der Waals surface area contributed by atoms with E-state index in [4.69, 9.17) is 11.9 Å². The fourth-order valence-electron chi connectivity index (χ4n) is 1.83. The second-order valence-corrected chi connectivity index (χ2v) is 3.86. The molecule has 0 heterocycles. The lowest BCUT2D eigenvalue weighted by atomic mass is 9.97. The molecule has 0 fully saturated rings. The Kier molecular flexibility index (Phi) is 3.45. The van der Waals surface area contributed by atoms with Crippen LogP contribution in [0, 0.1) is 6.92 Å². The summed E-state index contributed by atoms with van der Waals surface area (Å²) in [6.45, 7) is 1.88.